The molecule has 15 heavy (non-hydrogen) atoms. The van der Waals surface area contributed by atoms with Gasteiger partial charge in [0.2, 0.25) is 0 Å². The summed E-state index contributed by atoms with van der Waals surface area (Å²) < 4.78 is 0. The van der Waals surface area contributed by atoms with Crippen LogP contribution in [0.4, 0.5) is 5.82 Å². The fourth-order valence-electron chi connectivity index (χ4n) is 1.31. The SMILES string of the molecule is CC(C)(C)Cc1cc(NCCBr)ncn1. The van der Waals surface area contributed by atoms with Crippen LogP contribution in [-0.2, 0) is 6.42 Å². The molecule has 0 saturated carbocycles. The van der Waals surface area contributed by atoms with Crippen LogP contribution in [0.15, 0.2) is 12.4 Å². The van der Waals surface area contributed by atoms with Crippen molar-refractivity contribution in [1.29, 1.82) is 0 Å². The second-order valence-electron chi connectivity index (χ2n) is 4.75. The van der Waals surface area contributed by atoms with Gasteiger partial charge in [0.25, 0.3) is 0 Å². The predicted molar refractivity (Wildman–Crippen MR) is 67.5 cm³/mol. The molecule has 1 heterocycles. The molecule has 1 N–H and O–H groups in total. The number of nitrogens with zero attached hydrogens (tertiary/aromatic N) is 2. The number of anilines is 1. The molecule has 0 unspecified atom stereocenters. The summed E-state index contributed by atoms with van der Waals surface area (Å²) in [5.41, 5.74) is 1.36. The molecule has 0 aliphatic rings. The van der Waals surface area contributed by atoms with E-state index in [4.69, 9.17) is 0 Å². The topological polar surface area (TPSA) is 37.8 Å². The quantitative estimate of drug-likeness (QED) is 0.856. The maximum Gasteiger partial charge on any atom is 0.129 e. The first-order chi connectivity index (χ1) is 7.01. The maximum absolute atomic E-state index is 4.27. The summed E-state index contributed by atoms with van der Waals surface area (Å²) in [6.07, 6.45) is 2.59. The number of aromatic nitrogens is 2. The summed E-state index contributed by atoms with van der Waals surface area (Å²) in [4.78, 5) is 8.43. The van der Waals surface area contributed by atoms with Gasteiger partial charge in [0, 0.05) is 23.6 Å². The first-order valence-electron chi connectivity index (χ1n) is 5.12. The van der Waals surface area contributed by atoms with Crippen LogP contribution in [0.25, 0.3) is 0 Å². The van der Waals surface area contributed by atoms with Gasteiger partial charge in [-0.25, -0.2) is 9.97 Å². The van der Waals surface area contributed by atoms with Crippen molar-refractivity contribution in [2.24, 2.45) is 5.41 Å². The largest absolute Gasteiger partial charge is 0.369 e. The third kappa shape index (κ3) is 5.11. The highest BCUT2D eigenvalue weighted by atomic mass is 79.9. The monoisotopic (exact) mass is 271 g/mol. The summed E-state index contributed by atoms with van der Waals surface area (Å²) in [6, 6.07) is 2.02. The summed E-state index contributed by atoms with van der Waals surface area (Å²) in [5, 5.41) is 4.14. The maximum atomic E-state index is 4.27. The number of hydrogen-bond acceptors (Lipinski definition) is 3. The molecule has 0 spiro atoms. The molecule has 0 amide bonds. The van der Waals surface area contributed by atoms with Gasteiger partial charge in [-0.05, 0) is 11.8 Å². The molecule has 0 atom stereocenters. The lowest BCUT2D eigenvalue weighted by molar-refractivity contribution is 0.406. The third-order valence-electron chi connectivity index (χ3n) is 1.84. The third-order valence-corrected chi connectivity index (χ3v) is 2.23. The average Bonchev–Trinajstić information content (AvgIpc) is 2.12. The Hall–Kier alpha value is -0.640. The van der Waals surface area contributed by atoms with Gasteiger partial charge in [0.1, 0.15) is 12.1 Å². The van der Waals surface area contributed by atoms with Crippen molar-refractivity contribution >= 4 is 21.7 Å². The standard InChI is InChI=1S/C11H18BrN3/c1-11(2,3)7-9-6-10(13-5-4-12)15-8-14-9/h6,8H,4-5,7H2,1-3H3,(H,13,14,15). The highest BCUT2D eigenvalue weighted by molar-refractivity contribution is 9.09. The predicted octanol–water partition coefficient (Wildman–Crippen LogP) is 2.87. The molecule has 0 fully saturated rings. The fourth-order valence-corrected chi connectivity index (χ4v) is 1.51. The summed E-state index contributed by atoms with van der Waals surface area (Å²) in [6.45, 7) is 7.51. The van der Waals surface area contributed by atoms with E-state index in [9.17, 15) is 0 Å². The lowest BCUT2D eigenvalue weighted by Crippen LogP contribution is -2.12. The molecule has 0 saturated heterocycles. The van der Waals surface area contributed by atoms with E-state index in [0.717, 1.165) is 29.8 Å². The lowest BCUT2D eigenvalue weighted by atomic mass is 9.90. The minimum Gasteiger partial charge on any atom is -0.369 e. The van der Waals surface area contributed by atoms with Crippen LogP contribution < -0.4 is 5.32 Å². The van der Waals surface area contributed by atoms with Crippen molar-refractivity contribution in [3.8, 4) is 0 Å². The molecular formula is C11H18BrN3. The average molecular weight is 272 g/mol. The molecule has 1 aromatic rings. The van der Waals surface area contributed by atoms with E-state index < -0.39 is 0 Å². The molecule has 1 rings (SSSR count). The van der Waals surface area contributed by atoms with E-state index in [1.165, 1.54) is 0 Å². The molecule has 4 heteroatoms. The van der Waals surface area contributed by atoms with Gasteiger partial charge >= 0.3 is 0 Å². The van der Waals surface area contributed by atoms with Crippen molar-refractivity contribution < 1.29 is 0 Å². The Morgan fingerprint density at radius 3 is 2.67 bits per heavy atom. The Kier molecular flexibility index (Phi) is 4.51. The van der Waals surface area contributed by atoms with E-state index in [2.05, 4.69) is 52.0 Å². The number of rotatable bonds is 4. The molecule has 84 valence electrons. The van der Waals surface area contributed by atoms with Crippen LogP contribution in [0.5, 0.6) is 0 Å². The van der Waals surface area contributed by atoms with E-state index in [1.807, 2.05) is 6.07 Å². The molecule has 0 bridgehead atoms. The number of halogens is 1. The zero-order valence-electron chi connectivity index (χ0n) is 9.55. The first-order valence-corrected chi connectivity index (χ1v) is 6.24. The molecular weight excluding hydrogens is 254 g/mol. The van der Waals surface area contributed by atoms with Crippen LogP contribution in [0.1, 0.15) is 26.5 Å². The summed E-state index contributed by atoms with van der Waals surface area (Å²) in [7, 11) is 0. The molecule has 1 aromatic heterocycles. The van der Waals surface area contributed by atoms with Gasteiger partial charge in [-0.2, -0.15) is 0 Å². The Balaban J connectivity index is 2.66. The first kappa shape index (κ1) is 12.4. The molecule has 0 aliphatic heterocycles. The van der Waals surface area contributed by atoms with E-state index in [0.29, 0.717) is 0 Å². The van der Waals surface area contributed by atoms with Gasteiger partial charge in [-0.1, -0.05) is 36.7 Å². The van der Waals surface area contributed by atoms with Crippen molar-refractivity contribution in [2.45, 2.75) is 27.2 Å². The van der Waals surface area contributed by atoms with Gasteiger partial charge in [0.15, 0.2) is 0 Å². The number of hydrogen-bond donors (Lipinski definition) is 1. The number of nitrogens with one attached hydrogen (secondary N) is 1. The fraction of sp³-hybridized carbons (Fsp3) is 0.636. The summed E-state index contributed by atoms with van der Waals surface area (Å²) in [5.74, 6) is 0.906. The molecule has 3 nitrogen and oxygen atoms in total. The van der Waals surface area contributed by atoms with Gasteiger partial charge in [-0.15, -0.1) is 0 Å². The van der Waals surface area contributed by atoms with E-state index in [-0.39, 0.29) is 5.41 Å². The van der Waals surface area contributed by atoms with E-state index in [1.54, 1.807) is 6.33 Å². The second kappa shape index (κ2) is 5.45. The Bertz CT molecular complexity index is 307. The molecule has 0 radical (unpaired) electrons. The second-order valence-corrected chi connectivity index (χ2v) is 5.54. The van der Waals surface area contributed by atoms with E-state index >= 15 is 0 Å². The lowest BCUT2D eigenvalue weighted by Gasteiger charge is -2.17. The zero-order chi connectivity index (χ0) is 11.3. The zero-order valence-corrected chi connectivity index (χ0v) is 11.1. The number of alkyl halides is 1. The van der Waals surface area contributed by atoms with Crippen LogP contribution in [0.3, 0.4) is 0 Å². The Morgan fingerprint density at radius 2 is 2.07 bits per heavy atom. The molecule has 0 aromatic carbocycles. The van der Waals surface area contributed by atoms with Crippen molar-refractivity contribution in [1.82, 2.24) is 9.97 Å². The van der Waals surface area contributed by atoms with Gasteiger partial charge in [-0.3, -0.25) is 0 Å². The Labute approximate surface area is 99.8 Å². The highest BCUT2D eigenvalue weighted by Crippen LogP contribution is 2.19. The van der Waals surface area contributed by atoms with Crippen molar-refractivity contribution in [3.05, 3.63) is 18.1 Å². The molecule has 0 aliphatic carbocycles. The van der Waals surface area contributed by atoms with Gasteiger partial charge < -0.3 is 5.32 Å². The normalized spacial score (nSPS) is 11.5. The minimum absolute atomic E-state index is 0.265. The van der Waals surface area contributed by atoms with Crippen molar-refractivity contribution in [2.75, 3.05) is 17.2 Å². The Morgan fingerprint density at radius 1 is 1.33 bits per heavy atom. The van der Waals surface area contributed by atoms with Gasteiger partial charge in [0.05, 0.1) is 0 Å². The van der Waals surface area contributed by atoms with Crippen LogP contribution >= 0.6 is 15.9 Å². The van der Waals surface area contributed by atoms with Crippen LogP contribution in [0, 0.1) is 5.41 Å². The minimum atomic E-state index is 0.265. The van der Waals surface area contributed by atoms with Crippen LogP contribution in [-0.4, -0.2) is 21.8 Å². The smallest absolute Gasteiger partial charge is 0.129 e. The summed E-state index contributed by atoms with van der Waals surface area (Å²) >= 11 is 3.37. The van der Waals surface area contributed by atoms with Crippen molar-refractivity contribution in [3.63, 3.8) is 0 Å². The van der Waals surface area contributed by atoms with Crippen LogP contribution in [0.2, 0.25) is 0 Å². The highest BCUT2D eigenvalue weighted by Gasteiger charge is 2.12.